The fourth-order valence-corrected chi connectivity index (χ4v) is 3.61. The van der Waals surface area contributed by atoms with E-state index in [2.05, 4.69) is 41.6 Å². The molecule has 1 aromatic carbocycles. The third kappa shape index (κ3) is 4.31. The van der Waals surface area contributed by atoms with Crippen molar-refractivity contribution in [1.29, 1.82) is 0 Å². The maximum Gasteiger partial charge on any atom is 0.229 e. The largest absolute Gasteiger partial charge is 0.314 e. The van der Waals surface area contributed by atoms with Gasteiger partial charge in [0.25, 0.3) is 0 Å². The first-order valence-electron chi connectivity index (χ1n) is 7.69. The van der Waals surface area contributed by atoms with E-state index in [-0.39, 0.29) is 24.2 Å². The molecule has 1 saturated heterocycles. The average Bonchev–Trinajstić information content (AvgIpc) is 2.96. The van der Waals surface area contributed by atoms with Crippen molar-refractivity contribution in [1.82, 2.24) is 10.3 Å². The van der Waals surface area contributed by atoms with E-state index in [9.17, 15) is 4.79 Å². The number of piperidine rings is 1. The summed E-state index contributed by atoms with van der Waals surface area (Å²) in [5, 5.41) is 9.04. The Labute approximate surface area is 147 Å². The van der Waals surface area contributed by atoms with Gasteiger partial charge in [0, 0.05) is 22.9 Å². The van der Waals surface area contributed by atoms with E-state index in [4.69, 9.17) is 0 Å². The lowest BCUT2D eigenvalue weighted by Crippen LogP contribution is -2.40. The number of anilines is 1. The number of rotatable bonds is 3. The molecule has 0 radical (unpaired) electrons. The zero-order valence-electron chi connectivity index (χ0n) is 13.3. The number of hydrogen-bond donors (Lipinski definition) is 2. The first-order valence-corrected chi connectivity index (χ1v) is 8.57. The van der Waals surface area contributed by atoms with E-state index < -0.39 is 0 Å². The van der Waals surface area contributed by atoms with E-state index >= 15 is 0 Å². The van der Waals surface area contributed by atoms with Crippen LogP contribution in [-0.4, -0.2) is 23.5 Å². The van der Waals surface area contributed by atoms with Crippen molar-refractivity contribution in [2.75, 3.05) is 11.9 Å². The van der Waals surface area contributed by atoms with E-state index in [1.807, 2.05) is 17.5 Å². The number of hydrogen-bond acceptors (Lipinski definition) is 4. The number of halogens is 1. The molecule has 3 rings (SSSR count). The highest BCUT2D eigenvalue weighted by Crippen LogP contribution is 2.28. The van der Waals surface area contributed by atoms with Gasteiger partial charge < -0.3 is 10.6 Å². The van der Waals surface area contributed by atoms with Crippen LogP contribution in [0.15, 0.2) is 29.6 Å². The third-order valence-corrected chi connectivity index (χ3v) is 4.91. The molecule has 1 amide bonds. The Balaban J connectivity index is 0.00000192. The summed E-state index contributed by atoms with van der Waals surface area (Å²) in [6.45, 7) is 5.11. The molecule has 1 aromatic heterocycles. The maximum atomic E-state index is 12.4. The molecule has 2 heterocycles. The Morgan fingerprint density at radius 3 is 2.91 bits per heavy atom. The Kier molecular flexibility index (Phi) is 6.16. The lowest BCUT2D eigenvalue weighted by atomic mass is 9.92. The summed E-state index contributed by atoms with van der Waals surface area (Å²) in [6.07, 6.45) is 1.79. The first kappa shape index (κ1) is 17.9. The van der Waals surface area contributed by atoms with Crippen LogP contribution in [0.4, 0.5) is 5.13 Å². The van der Waals surface area contributed by atoms with Crippen molar-refractivity contribution in [3.8, 4) is 11.3 Å². The molecule has 2 aromatic rings. The van der Waals surface area contributed by atoms with Gasteiger partial charge in [-0.15, -0.1) is 23.7 Å². The number of nitrogens with zero attached hydrogens (tertiary/aromatic N) is 1. The molecule has 1 fully saturated rings. The second-order valence-electron chi connectivity index (χ2n) is 5.92. The van der Waals surface area contributed by atoms with E-state index in [1.54, 1.807) is 0 Å². The fourth-order valence-electron chi connectivity index (χ4n) is 2.89. The number of thiazole rings is 1. The minimum absolute atomic E-state index is 0. The van der Waals surface area contributed by atoms with Crippen molar-refractivity contribution in [3.05, 3.63) is 35.2 Å². The van der Waals surface area contributed by atoms with Gasteiger partial charge >= 0.3 is 0 Å². The average molecular weight is 352 g/mol. The molecule has 0 bridgehead atoms. The zero-order valence-corrected chi connectivity index (χ0v) is 15.0. The van der Waals surface area contributed by atoms with Crippen LogP contribution < -0.4 is 10.6 Å². The predicted octanol–water partition coefficient (Wildman–Crippen LogP) is 3.87. The normalized spacial score (nSPS) is 20.6. The Morgan fingerprint density at radius 2 is 2.17 bits per heavy atom. The minimum Gasteiger partial charge on any atom is -0.314 e. The van der Waals surface area contributed by atoms with Crippen LogP contribution in [-0.2, 0) is 4.79 Å². The van der Waals surface area contributed by atoms with Gasteiger partial charge in [0.05, 0.1) is 5.69 Å². The number of carbonyl (C=O) groups is 1. The molecule has 0 saturated carbocycles. The van der Waals surface area contributed by atoms with Gasteiger partial charge in [-0.25, -0.2) is 4.98 Å². The third-order valence-electron chi connectivity index (χ3n) is 4.15. The highest BCUT2D eigenvalue weighted by molar-refractivity contribution is 7.14. The second-order valence-corrected chi connectivity index (χ2v) is 6.78. The molecule has 1 aliphatic rings. The van der Waals surface area contributed by atoms with E-state index in [1.165, 1.54) is 16.9 Å². The van der Waals surface area contributed by atoms with Crippen molar-refractivity contribution in [2.45, 2.75) is 32.7 Å². The summed E-state index contributed by atoms with van der Waals surface area (Å²) in [5.41, 5.74) is 3.24. The SMILES string of the molecule is Cc1ccccc1-c1csc(NC(=O)[C@H]2CCN[C@@H](C)C2)n1.Cl. The summed E-state index contributed by atoms with van der Waals surface area (Å²) in [4.78, 5) is 16.9. The number of amides is 1. The topological polar surface area (TPSA) is 54.0 Å². The van der Waals surface area contributed by atoms with Gasteiger partial charge in [-0.3, -0.25) is 4.79 Å². The number of aromatic nitrogens is 1. The van der Waals surface area contributed by atoms with Crippen molar-refractivity contribution < 1.29 is 4.79 Å². The second kappa shape index (κ2) is 7.90. The fraction of sp³-hybridized carbons (Fsp3) is 0.412. The van der Waals surface area contributed by atoms with Crippen LogP contribution in [0.5, 0.6) is 0 Å². The van der Waals surface area contributed by atoms with E-state index in [0.29, 0.717) is 11.2 Å². The molecule has 2 atom stereocenters. The summed E-state index contributed by atoms with van der Waals surface area (Å²) >= 11 is 1.49. The molecule has 124 valence electrons. The minimum atomic E-state index is 0. The van der Waals surface area contributed by atoms with Crippen molar-refractivity contribution in [2.24, 2.45) is 5.92 Å². The van der Waals surface area contributed by atoms with Crippen LogP contribution in [0.1, 0.15) is 25.3 Å². The Hall–Kier alpha value is -1.43. The lowest BCUT2D eigenvalue weighted by Gasteiger charge is -2.26. The van der Waals surface area contributed by atoms with Crippen LogP contribution in [0.3, 0.4) is 0 Å². The molecule has 2 N–H and O–H groups in total. The summed E-state index contributed by atoms with van der Waals surface area (Å²) in [5.74, 6) is 0.182. The standard InChI is InChI=1S/C17H21N3OS.ClH/c1-11-5-3-4-6-14(11)15-10-22-17(19-15)20-16(21)13-7-8-18-12(2)9-13;/h3-6,10,12-13,18H,7-9H2,1-2H3,(H,19,20,21);1H/t12-,13-;/m0./s1. The van der Waals surface area contributed by atoms with Crippen LogP contribution in [0.25, 0.3) is 11.3 Å². The van der Waals surface area contributed by atoms with Gasteiger partial charge in [-0.2, -0.15) is 0 Å². The highest BCUT2D eigenvalue weighted by atomic mass is 35.5. The van der Waals surface area contributed by atoms with Crippen LogP contribution in [0.2, 0.25) is 0 Å². The molecular formula is C17H22ClN3OS. The molecule has 0 spiro atoms. The van der Waals surface area contributed by atoms with Crippen molar-refractivity contribution in [3.63, 3.8) is 0 Å². The van der Waals surface area contributed by atoms with Crippen LogP contribution in [0, 0.1) is 12.8 Å². The molecule has 4 nitrogen and oxygen atoms in total. The molecule has 1 aliphatic heterocycles. The molecule has 6 heteroatoms. The van der Waals surface area contributed by atoms with Gasteiger partial charge in [0.1, 0.15) is 0 Å². The molecule has 23 heavy (non-hydrogen) atoms. The highest BCUT2D eigenvalue weighted by Gasteiger charge is 2.25. The van der Waals surface area contributed by atoms with Crippen LogP contribution >= 0.6 is 23.7 Å². The quantitative estimate of drug-likeness (QED) is 0.882. The summed E-state index contributed by atoms with van der Waals surface area (Å²) < 4.78 is 0. The van der Waals surface area contributed by atoms with Gasteiger partial charge in [0.2, 0.25) is 5.91 Å². The van der Waals surface area contributed by atoms with Gasteiger partial charge in [0.15, 0.2) is 5.13 Å². The molecule has 0 aliphatic carbocycles. The smallest absolute Gasteiger partial charge is 0.229 e. The lowest BCUT2D eigenvalue weighted by molar-refractivity contribution is -0.120. The van der Waals surface area contributed by atoms with E-state index in [0.717, 1.165) is 30.6 Å². The Bertz CT molecular complexity index is 673. The predicted molar refractivity (Wildman–Crippen MR) is 98.4 cm³/mol. The molecule has 0 unspecified atom stereocenters. The maximum absolute atomic E-state index is 12.4. The first-order chi connectivity index (χ1) is 10.6. The number of nitrogens with one attached hydrogen (secondary N) is 2. The Morgan fingerprint density at radius 1 is 1.39 bits per heavy atom. The van der Waals surface area contributed by atoms with Gasteiger partial charge in [-0.1, -0.05) is 24.3 Å². The van der Waals surface area contributed by atoms with Gasteiger partial charge in [-0.05, 0) is 38.8 Å². The summed E-state index contributed by atoms with van der Waals surface area (Å²) in [6, 6.07) is 8.57. The monoisotopic (exact) mass is 351 g/mol. The number of carbonyl (C=O) groups excluding carboxylic acids is 1. The number of aryl methyl sites for hydroxylation is 1. The molecular weight excluding hydrogens is 330 g/mol. The summed E-state index contributed by atoms with van der Waals surface area (Å²) in [7, 11) is 0. The van der Waals surface area contributed by atoms with Crippen molar-refractivity contribution >= 4 is 34.8 Å². The zero-order chi connectivity index (χ0) is 15.5. The number of benzene rings is 1.